The summed E-state index contributed by atoms with van der Waals surface area (Å²) < 4.78 is 72.6. The smallest absolute Gasteiger partial charge is 0.416 e. The first-order chi connectivity index (χ1) is 16.4. The number of methoxy groups -OCH3 is 1. The Labute approximate surface area is 206 Å². The third kappa shape index (κ3) is 6.26. The number of alkyl halides is 3. The predicted molar refractivity (Wildman–Crippen MR) is 127 cm³/mol. The van der Waals surface area contributed by atoms with E-state index in [2.05, 4.69) is 5.32 Å². The van der Waals surface area contributed by atoms with Crippen LogP contribution in [0.5, 0.6) is 5.75 Å². The molecule has 1 amide bonds. The van der Waals surface area contributed by atoms with Gasteiger partial charge in [-0.2, -0.15) is 13.2 Å². The summed E-state index contributed by atoms with van der Waals surface area (Å²) in [5.74, 6) is -0.118. The highest BCUT2D eigenvalue weighted by Crippen LogP contribution is 2.37. The molecular formula is C24H22ClF3N2O4S. The molecule has 0 aliphatic heterocycles. The molecule has 1 atom stereocenters. The van der Waals surface area contributed by atoms with Gasteiger partial charge in [0.15, 0.2) is 0 Å². The third-order valence-corrected chi connectivity index (χ3v) is 7.25. The Hall–Kier alpha value is -3.24. The van der Waals surface area contributed by atoms with Gasteiger partial charge in [-0.25, -0.2) is 8.42 Å². The Morgan fingerprint density at radius 2 is 1.69 bits per heavy atom. The fourth-order valence-electron chi connectivity index (χ4n) is 3.29. The van der Waals surface area contributed by atoms with Crippen LogP contribution in [0.2, 0.25) is 5.02 Å². The van der Waals surface area contributed by atoms with Crippen molar-refractivity contribution in [1.29, 1.82) is 0 Å². The highest BCUT2D eigenvalue weighted by atomic mass is 35.5. The zero-order valence-electron chi connectivity index (χ0n) is 18.7. The summed E-state index contributed by atoms with van der Waals surface area (Å²) in [5, 5.41) is 2.41. The van der Waals surface area contributed by atoms with Crippen molar-refractivity contribution in [2.75, 3.05) is 18.0 Å². The predicted octanol–water partition coefficient (Wildman–Crippen LogP) is 5.44. The van der Waals surface area contributed by atoms with Gasteiger partial charge in [-0.05, 0) is 55.0 Å². The van der Waals surface area contributed by atoms with Crippen LogP contribution in [0.1, 0.15) is 24.1 Å². The van der Waals surface area contributed by atoms with Gasteiger partial charge in [0.05, 0.1) is 34.3 Å². The number of ether oxygens (including phenoxy) is 1. The van der Waals surface area contributed by atoms with Crippen molar-refractivity contribution in [1.82, 2.24) is 5.32 Å². The second-order valence-corrected chi connectivity index (χ2v) is 9.82. The monoisotopic (exact) mass is 526 g/mol. The Morgan fingerprint density at radius 3 is 2.26 bits per heavy atom. The summed E-state index contributed by atoms with van der Waals surface area (Å²) in [7, 11) is -2.92. The molecule has 0 bridgehead atoms. The van der Waals surface area contributed by atoms with Gasteiger partial charge in [-0.15, -0.1) is 0 Å². The van der Waals surface area contributed by atoms with E-state index in [-0.39, 0.29) is 9.92 Å². The number of rotatable bonds is 8. The van der Waals surface area contributed by atoms with Gasteiger partial charge < -0.3 is 10.1 Å². The van der Waals surface area contributed by atoms with E-state index in [4.69, 9.17) is 16.3 Å². The molecule has 3 aromatic carbocycles. The van der Waals surface area contributed by atoms with Gasteiger partial charge in [0.2, 0.25) is 5.91 Å². The maximum absolute atomic E-state index is 13.4. The molecule has 0 spiro atoms. The van der Waals surface area contributed by atoms with Crippen LogP contribution in [0, 0.1) is 0 Å². The quantitative estimate of drug-likeness (QED) is 0.424. The van der Waals surface area contributed by atoms with Gasteiger partial charge in [-0.1, -0.05) is 41.9 Å². The molecule has 0 saturated carbocycles. The number of anilines is 1. The fraction of sp³-hybridized carbons (Fsp3) is 0.208. The van der Waals surface area contributed by atoms with Crippen LogP contribution in [0.25, 0.3) is 0 Å². The number of nitrogens with zero attached hydrogens (tertiary/aromatic N) is 1. The van der Waals surface area contributed by atoms with E-state index in [1.807, 2.05) is 0 Å². The van der Waals surface area contributed by atoms with Crippen molar-refractivity contribution in [3.8, 4) is 5.75 Å². The summed E-state index contributed by atoms with van der Waals surface area (Å²) in [6, 6.07) is 15.7. The average molecular weight is 527 g/mol. The first-order valence-electron chi connectivity index (χ1n) is 10.3. The molecule has 0 saturated heterocycles. The van der Waals surface area contributed by atoms with Crippen molar-refractivity contribution in [2.45, 2.75) is 24.0 Å². The number of hydrogen-bond acceptors (Lipinski definition) is 4. The van der Waals surface area contributed by atoms with Gasteiger partial charge in [0.25, 0.3) is 10.0 Å². The van der Waals surface area contributed by atoms with Crippen molar-refractivity contribution < 1.29 is 31.1 Å². The molecule has 11 heteroatoms. The van der Waals surface area contributed by atoms with Crippen LogP contribution in [0.3, 0.4) is 0 Å². The normalized spacial score (nSPS) is 12.6. The largest absolute Gasteiger partial charge is 0.497 e. The minimum Gasteiger partial charge on any atom is -0.497 e. The third-order valence-electron chi connectivity index (χ3n) is 5.15. The summed E-state index contributed by atoms with van der Waals surface area (Å²) >= 11 is 6.13. The average Bonchev–Trinajstić information content (AvgIpc) is 2.82. The number of hydrogen-bond donors (Lipinski definition) is 1. The molecule has 0 aliphatic rings. The molecule has 3 aromatic rings. The van der Waals surface area contributed by atoms with E-state index in [0.717, 1.165) is 12.1 Å². The standard InChI is InChI=1S/C24H22ClF3N2O4S/c1-16(17-8-11-19(34-2)12-9-17)29-23(31)15-30(35(32,33)20-6-4-3-5-7-20)22-14-18(24(26,27)28)10-13-21(22)25/h3-14,16H,15H2,1-2H3,(H,29,31)/t16-/m1/s1. The van der Waals surface area contributed by atoms with Crippen molar-refractivity contribution >= 4 is 33.2 Å². The van der Waals surface area contributed by atoms with E-state index in [1.165, 1.54) is 31.4 Å². The Balaban J connectivity index is 1.97. The summed E-state index contributed by atoms with van der Waals surface area (Å²) in [4.78, 5) is 12.7. The molecule has 3 rings (SSSR count). The van der Waals surface area contributed by atoms with E-state index in [1.54, 1.807) is 37.3 Å². The van der Waals surface area contributed by atoms with Crippen molar-refractivity contribution in [2.24, 2.45) is 0 Å². The zero-order chi connectivity index (χ0) is 25.8. The number of carbonyl (C=O) groups excluding carboxylic acids is 1. The molecule has 0 aliphatic carbocycles. The molecule has 6 nitrogen and oxygen atoms in total. The highest BCUT2D eigenvalue weighted by molar-refractivity contribution is 7.92. The van der Waals surface area contributed by atoms with Crippen LogP contribution in [-0.2, 0) is 21.0 Å². The van der Waals surface area contributed by atoms with Gasteiger partial charge in [0, 0.05) is 0 Å². The highest BCUT2D eigenvalue weighted by Gasteiger charge is 2.34. The lowest BCUT2D eigenvalue weighted by Gasteiger charge is -2.26. The van der Waals surface area contributed by atoms with Gasteiger partial charge in [-0.3, -0.25) is 9.10 Å². The number of halogens is 4. The van der Waals surface area contributed by atoms with Crippen LogP contribution in [0.4, 0.5) is 18.9 Å². The van der Waals surface area contributed by atoms with E-state index in [9.17, 15) is 26.4 Å². The number of amides is 1. The zero-order valence-corrected chi connectivity index (χ0v) is 20.3. The van der Waals surface area contributed by atoms with E-state index in [0.29, 0.717) is 21.7 Å². The molecule has 0 heterocycles. The van der Waals surface area contributed by atoms with Crippen LogP contribution < -0.4 is 14.4 Å². The molecule has 1 N–H and O–H groups in total. The number of carbonyl (C=O) groups is 1. The molecule has 0 unspecified atom stereocenters. The number of benzene rings is 3. The molecule has 186 valence electrons. The number of nitrogens with one attached hydrogen (secondary N) is 1. The lowest BCUT2D eigenvalue weighted by molar-refractivity contribution is -0.137. The summed E-state index contributed by atoms with van der Waals surface area (Å²) in [6.07, 6.45) is -4.74. The Morgan fingerprint density at radius 1 is 1.06 bits per heavy atom. The maximum Gasteiger partial charge on any atom is 0.416 e. The minimum atomic E-state index is -4.74. The second-order valence-electron chi connectivity index (χ2n) is 7.55. The molecule has 0 radical (unpaired) electrons. The number of sulfonamides is 1. The summed E-state index contributed by atoms with van der Waals surface area (Å²) in [5.41, 5.74) is -0.844. The molecular weight excluding hydrogens is 505 g/mol. The first kappa shape index (κ1) is 26.4. The second kappa shape index (κ2) is 10.6. The first-order valence-corrected chi connectivity index (χ1v) is 12.1. The van der Waals surface area contributed by atoms with Crippen molar-refractivity contribution in [3.05, 3.63) is 88.9 Å². The van der Waals surface area contributed by atoms with Crippen LogP contribution >= 0.6 is 11.6 Å². The topological polar surface area (TPSA) is 75.7 Å². The van der Waals surface area contributed by atoms with Gasteiger partial charge in [0.1, 0.15) is 12.3 Å². The fourth-order valence-corrected chi connectivity index (χ4v) is 5.02. The van der Waals surface area contributed by atoms with Crippen molar-refractivity contribution in [3.63, 3.8) is 0 Å². The molecule has 0 fully saturated rings. The summed E-state index contributed by atoms with van der Waals surface area (Å²) in [6.45, 7) is 0.895. The SMILES string of the molecule is COc1ccc([C@@H](C)NC(=O)CN(c2cc(C(F)(F)F)ccc2Cl)S(=O)(=O)c2ccccc2)cc1. The van der Waals surface area contributed by atoms with E-state index >= 15 is 0 Å². The van der Waals surface area contributed by atoms with Crippen LogP contribution in [0.15, 0.2) is 77.7 Å². The Bertz CT molecular complexity index is 1280. The Kier molecular flexibility index (Phi) is 7.97. The van der Waals surface area contributed by atoms with E-state index < -0.39 is 45.9 Å². The minimum absolute atomic E-state index is 0.204. The lowest BCUT2D eigenvalue weighted by Crippen LogP contribution is -2.41. The maximum atomic E-state index is 13.4. The molecule has 0 aromatic heterocycles. The molecule has 35 heavy (non-hydrogen) atoms. The lowest BCUT2D eigenvalue weighted by atomic mass is 10.1. The van der Waals surface area contributed by atoms with Crippen LogP contribution in [-0.4, -0.2) is 28.0 Å². The van der Waals surface area contributed by atoms with Gasteiger partial charge >= 0.3 is 6.18 Å².